The molecule has 4 nitrogen and oxygen atoms in total. The Morgan fingerprint density at radius 2 is 1.50 bits per heavy atom. The maximum absolute atomic E-state index is 9.37. The molecule has 0 rings (SSSR count). The second kappa shape index (κ2) is 11.9. The molecule has 0 aromatic heterocycles. The molecule has 0 bridgehead atoms. The summed E-state index contributed by atoms with van der Waals surface area (Å²) < 4.78 is 0. The van der Waals surface area contributed by atoms with Gasteiger partial charge in [0.1, 0.15) is 0 Å². The van der Waals surface area contributed by atoms with Crippen molar-refractivity contribution in [2.24, 2.45) is 0 Å². The first-order chi connectivity index (χ1) is 4.00. The Labute approximate surface area is 89.2 Å². The molecule has 2 N–H and O–H groups in total. The summed E-state index contributed by atoms with van der Waals surface area (Å²) in [7, 11) is 0. The molecule has 0 amide bonds. The fourth-order valence-electron chi connectivity index (χ4n) is 0. The number of rotatable bonds is 1. The topological polar surface area (TPSA) is 74.6 Å². The second-order valence-electron chi connectivity index (χ2n) is 1.14. The number of carboxylic acid groups (broad SMARTS) is 2. The van der Waals surface area contributed by atoms with Crippen molar-refractivity contribution in [3.8, 4) is 0 Å². The molecule has 0 saturated carbocycles. The van der Waals surface area contributed by atoms with Gasteiger partial charge in [-0.1, -0.05) is 6.92 Å². The third kappa shape index (κ3) is 87.8. The van der Waals surface area contributed by atoms with Crippen molar-refractivity contribution in [2.45, 2.75) is 13.3 Å². The van der Waals surface area contributed by atoms with Crippen LogP contribution in [-0.4, -0.2) is 59.9 Å². The van der Waals surface area contributed by atoms with Crippen LogP contribution in [0.25, 0.3) is 0 Å². The van der Waals surface area contributed by atoms with Crippen LogP contribution in [0, 0.1) is 6.92 Å². The summed E-state index contributed by atoms with van der Waals surface area (Å²) in [6.45, 7) is 4.16. The van der Waals surface area contributed by atoms with Gasteiger partial charge in [0.05, 0.1) is 6.92 Å². The van der Waals surface area contributed by atoms with Crippen LogP contribution < -0.4 is 0 Å². The van der Waals surface area contributed by atoms with Crippen molar-refractivity contribution in [3.05, 3.63) is 6.92 Å². The van der Waals surface area contributed by atoms with E-state index >= 15 is 0 Å². The predicted molar refractivity (Wildman–Crippen MR) is 39.5 cm³/mol. The van der Waals surface area contributed by atoms with E-state index in [0.29, 0.717) is 0 Å². The van der Waals surface area contributed by atoms with Gasteiger partial charge in [-0.2, -0.15) is 0 Å². The number of hydrogen-bond donors (Lipinski definition) is 2. The molecule has 57 valence electrons. The molecule has 1 radical (unpaired) electrons. The first-order valence-corrected chi connectivity index (χ1v) is 2.27. The van der Waals surface area contributed by atoms with Gasteiger partial charge in [-0.05, 0) is 0 Å². The summed E-state index contributed by atoms with van der Waals surface area (Å²) >= 11 is 0. The summed E-state index contributed by atoms with van der Waals surface area (Å²) in [5.41, 5.74) is 0. The van der Waals surface area contributed by atoms with Crippen LogP contribution in [0.4, 0.5) is 0 Å². The van der Waals surface area contributed by atoms with E-state index in [1.54, 1.807) is 6.92 Å². The first kappa shape index (κ1) is 16.7. The molecule has 5 heteroatoms. The fraction of sp³-hybridized carbons (Fsp3) is 0.400. The van der Waals surface area contributed by atoms with Crippen LogP contribution in [0.5, 0.6) is 0 Å². The minimum atomic E-state index is -1.08. The van der Waals surface area contributed by atoms with Crippen LogP contribution in [0.1, 0.15) is 13.3 Å². The summed E-state index contributed by atoms with van der Waals surface area (Å²) in [6, 6.07) is 0. The van der Waals surface area contributed by atoms with E-state index in [1.807, 2.05) is 0 Å². The van der Waals surface area contributed by atoms with Crippen molar-refractivity contribution in [1.29, 1.82) is 0 Å². The molecule has 0 heterocycles. The Kier molecular flexibility index (Phi) is 19.9. The third-order valence-corrected chi connectivity index (χ3v) is 0.302. The third-order valence-electron chi connectivity index (χ3n) is 0.302. The van der Waals surface area contributed by atoms with Crippen LogP contribution in [0.15, 0.2) is 0 Å². The zero-order chi connectivity index (χ0) is 7.86. The predicted octanol–water partition coefficient (Wildman–Crippen LogP) is -0.530. The van der Waals surface area contributed by atoms with Crippen molar-refractivity contribution in [3.63, 3.8) is 0 Å². The van der Waals surface area contributed by atoms with E-state index < -0.39 is 11.9 Å². The molecule has 0 spiro atoms. The van der Waals surface area contributed by atoms with Crippen molar-refractivity contribution in [1.82, 2.24) is 0 Å². The van der Waals surface area contributed by atoms with Crippen LogP contribution in [0.2, 0.25) is 0 Å². The van der Waals surface area contributed by atoms with Gasteiger partial charge >= 0.3 is 49.7 Å². The van der Waals surface area contributed by atoms with Crippen LogP contribution in [0.3, 0.4) is 0 Å². The van der Waals surface area contributed by atoms with E-state index in [-0.39, 0.29) is 44.2 Å². The average molecular weight is 175 g/mol. The van der Waals surface area contributed by atoms with Crippen LogP contribution >= 0.6 is 0 Å². The number of carbonyl (C=O) groups is 2. The van der Waals surface area contributed by atoms with Gasteiger partial charge in [-0.3, -0.25) is 9.59 Å². The SMILES string of the molecule is CCC(=O)O.[CH2]C(=O)O.[CaH2]. The summed E-state index contributed by atoms with van der Waals surface area (Å²) in [6.07, 6.45) is 0.222. The van der Waals surface area contributed by atoms with Crippen molar-refractivity contribution in [2.75, 3.05) is 0 Å². The Balaban J connectivity index is -0.0000000910. The quantitative estimate of drug-likeness (QED) is 0.525. The van der Waals surface area contributed by atoms with E-state index in [1.165, 1.54) is 0 Å². The molecule has 10 heavy (non-hydrogen) atoms. The fourth-order valence-corrected chi connectivity index (χ4v) is 0. The molecule has 0 atom stereocenters. The Morgan fingerprint density at radius 1 is 1.40 bits per heavy atom. The molecule has 0 fully saturated rings. The Hall–Kier alpha value is 0.200. The molecule has 0 aliphatic heterocycles. The Bertz CT molecular complexity index is 97.8. The number of carboxylic acids is 2. The van der Waals surface area contributed by atoms with Crippen molar-refractivity contribution < 1.29 is 19.8 Å². The summed E-state index contributed by atoms with van der Waals surface area (Å²) in [5, 5.41) is 15.0. The van der Waals surface area contributed by atoms with Gasteiger partial charge in [0.25, 0.3) is 0 Å². The molecule has 0 aliphatic carbocycles. The molecule has 0 aromatic rings. The van der Waals surface area contributed by atoms with Gasteiger partial charge in [-0.25, -0.2) is 0 Å². The second-order valence-corrected chi connectivity index (χ2v) is 1.14. The zero-order valence-corrected chi connectivity index (χ0v) is 5.13. The zero-order valence-electron chi connectivity index (χ0n) is 5.13. The standard InChI is InChI=1S/C3H6O2.C2H3O2.Ca.2H/c1-2-3(4)5;1-2(3)4;;;/h2H2,1H3,(H,4,5);1H2,(H,3,4);;;. The summed E-state index contributed by atoms with van der Waals surface area (Å²) in [4.78, 5) is 18.3. The van der Waals surface area contributed by atoms with E-state index in [9.17, 15) is 4.79 Å². The minimum absolute atomic E-state index is 0. The molecule has 0 aliphatic rings. The average Bonchev–Trinajstić information content (AvgIpc) is 1.65. The van der Waals surface area contributed by atoms with Gasteiger partial charge in [-0.15, -0.1) is 0 Å². The normalized spacial score (nSPS) is 6.20. The van der Waals surface area contributed by atoms with Gasteiger partial charge < -0.3 is 10.2 Å². The van der Waals surface area contributed by atoms with E-state index in [2.05, 4.69) is 6.92 Å². The van der Waals surface area contributed by atoms with Gasteiger partial charge in [0.2, 0.25) is 0 Å². The maximum atomic E-state index is 9.37. The van der Waals surface area contributed by atoms with Gasteiger partial charge in [0.15, 0.2) is 0 Å². The first-order valence-electron chi connectivity index (χ1n) is 2.27. The molecular weight excluding hydrogens is 164 g/mol. The van der Waals surface area contributed by atoms with Crippen LogP contribution in [-0.2, 0) is 9.59 Å². The number of aliphatic carboxylic acids is 2. The molecule has 0 saturated heterocycles. The van der Waals surface area contributed by atoms with Crippen molar-refractivity contribution >= 4 is 49.7 Å². The number of hydrogen-bond acceptors (Lipinski definition) is 2. The molecular formula is C5H11CaO4. The molecule has 0 aromatic carbocycles. The summed E-state index contributed by atoms with van der Waals surface area (Å²) in [5.74, 6) is -1.83. The van der Waals surface area contributed by atoms with Gasteiger partial charge in [0, 0.05) is 6.42 Å². The molecule has 0 unspecified atom stereocenters. The van der Waals surface area contributed by atoms with E-state index in [4.69, 9.17) is 15.0 Å². The Morgan fingerprint density at radius 3 is 1.50 bits per heavy atom. The van der Waals surface area contributed by atoms with E-state index in [0.717, 1.165) is 0 Å². The monoisotopic (exact) mass is 175 g/mol.